The fourth-order valence-electron chi connectivity index (χ4n) is 3.11. The monoisotopic (exact) mass is 390 g/mol. The van der Waals surface area contributed by atoms with Gasteiger partial charge in [0, 0.05) is 6.61 Å². The lowest BCUT2D eigenvalue weighted by atomic mass is 10.0. The van der Waals surface area contributed by atoms with Gasteiger partial charge in [0.05, 0.1) is 26.4 Å². The number of methoxy groups -OCH3 is 1. The minimum atomic E-state index is -0.955. The van der Waals surface area contributed by atoms with Gasteiger partial charge in [-0.25, -0.2) is 0 Å². The molecule has 0 amide bonds. The molecule has 0 N–H and O–H groups in total. The standard InChI is InChI=1S/C22H30O6/c1-4-26-15-18(22(24)27-5-2)19(23)12-10-16-11-13-20(25-3)21(14-16)28-17-8-6-7-9-17/h10-14,17-18H,4-9,15H2,1-3H3. The molecule has 1 aromatic rings. The summed E-state index contributed by atoms with van der Waals surface area (Å²) >= 11 is 0. The van der Waals surface area contributed by atoms with E-state index in [-0.39, 0.29) is 25.1 Å². The van der Waals surface area contributed by atoms with Gasteiger partial charge in [0.25, 0.3) is 0 Å². The summed E-state index contributed by atoms with van der Waals surface area (Å²) < 4.78 is 21.7. The number of carbonyl (C=O) groups is 2. The molecule has 0 aromatic heterocycles. The van der Waals surface area contributed by atoms with Crippen LogP contribution < -0.4 is 9.47 Å². The molecule has 2 rings (SSSR count). The van der Waals surface area contributed by atoms with E-state index in [0.29, 0.717) is 18.1 Å². The maximum Gasteiger partial charge on any atom is 0.319 e. The molecule has 1 saturated carbocycles. The maximum atomic E-state index is 12.5. The second-order valence-corrected chi connectivity index (χ2v) is 6.63. The summed E-state index contributed by atoms with van der Waals surface area (Å²) in [6, 6.07) is 5.51. The first kappa shape index (κ1) is 22.0. The molecule has 0 saturated heterocycles. The van der Waals surface area contributed by atoms with Crippen LogP contribution in [0.15, 0.2) is 24.3 Å². The third-order valence-electron chi connectivity index (χ3n) is 4.63. The van der Waals surface area contributed by atoms with E-state index < -0.39 is 11.9 Å². The van der Waals surface area contributed by atoms with E-state index in [0.717, 1.165) is 18.4 Å². The first-order valence-corrected chi connectivity index (χ1v) is 9.90. The first-order valence-electron chi connectivity index (χ1n) is 9.90. The van der Waals surface area contributed by atoms with Crippen LogP contribution in [0, 0.1) is 5.92 Å². The van der Waals surface area contributed by atoms with Crippen LogP contribution in [-0.2, 0) is 19.1 Å². The number of benzene rings is 1. The lowest BCUT2D eigenvalue weighted by Crippen LogP contribution is -2.29. The molecule has 0 spiro atoms. The highest BCUT2D eigenvalue weighted by molar-refractivity contribution is 6.06. The maximum absolute atomic E-state index is 12.5. The zero-order valence-electron chi connectivity index (χ0n) is 16.9. The van der Waals surface area contributed by atoms with Crippen molar-refractivity contribution in [2.24, 2.45) is 5.92 Å². The molecule has 1 atom stereocenters. The lowest BCUT2D eigenvalue weighted by molar-refractivity contribution is -0.152. The Hall–Kier alpha value is -2.34. The van der Waals surface area contributed by atoms with Crippen LogP contribution in [0.25, 0.3) is 6.08 Å². The molecule has 1 aliphatic carbocycles. The zero-order chi connectivity index (χ0) is 20.4. The molecule has 1 aliphatic rings. The lowest BCUT2D eigenvalue weighted by Gasteiger charge is -2.16. The van der Waals surface area contributed by atoms with Crippen molar-refractivity contribution >= 4 is 17.8 Å². The van der Waals surface area contributed by atoms with Gasteiger partial charge in [0.1, 0.15) is 5.92 Å². The highest BCUT2D eigenvalue weighted by Crippen LogP contribution is 2.32. The summed E-state index contributed by atoms with van der Waals surface area (Å²) in [7, 11) is 1.60. The minimum absolute atomic E-state index is 0.0111. The minimum Gasteiger partial charge on any atom is -0.493 e. The van der Waals surface area contributed by atoms with Gasteiger partial charge < -0.3 is 18.9 Å². The average molecular weight is 390 g/mol. The number of esters is 1. The molecule has 1 fully saturated rings. The predicted molar refractivity (Wildman–Crippen MR) is 107 cm³/mol. The van der Waals surface area contributed by atoms with E-state index in [2.05, 4.69) is 0 Å². The Bertz CT molecular complexity index is 676. The Morgan fingerprint density at radius 3 is 2.54 bits per heavy atom. The number of carbonyl (C=O) groups excluding carboxylic acids is 2. The second kappa shape index (κ2) is 11.5. The Labute approximate surface area is 166 Å². The number of allylic oxidation sites excluding steroid dienone is 1. The van der Waals surface area contributed by atoms with Gasteiger partial charge in [-0.15, -0.1) is 0 Å². The molecule has 1 aromatic carbocycles. The van der Waals surface area contributed by atoms with Crippen molar-refractivity contribution in [1.29, 1.82) is 0 Å². The summed E-state index contributed by atoms with van der Waals surface area (Å²) in [4.78, 5) is 24.5. The third kappa shape index (κ3) is 6.37. The molecular weight excluding hydrogens is 360 g/mol. The first-order chi connectivity index (χ1) is 13.6. The van der Waals surface area contributed by atoms with E-state index in [1.165, 1.54) is 18.9 Å². The van der Waals surface area contributed by atoms with E-state index in [1.807, 2.05) is 25.1 Å². The Balaban J connectivity index is 2.11. The fourth-order valence-corrected chi connectivity index (χ4v) is 3.11. The Morgan fingerprint density at radius 1 is 1.14 bits per heavy atom. The molecule has 6 nitrogen and oxygen atoms in total. The molecule has 0 aliphatic heterocycles. The zero-order valence-corrected chi connectivity index (χ0v) is 16.9. The van der Waals surface area contributed by atoms with Crippen LogP contribution in [-0.4, -0.2) is 44.8 Å². The van der Waals surface area contributed by atoms with E-state index in [1.54, 1.807) is 20.1 Å². The highest BCUT2D eigenvalue weighted by atomic mass is 16.5. The van der Waals surface area contributed by atoms with Crippen molar-refractivity contribution in [3.63, 3.8) is 0 Å². The van der Waals surface area contributed by atoms with Gasteiger partial charge in [-0.2, -0.15) is 0 Å². The summed E-state index contributed by atoms with van der Waals surface area (Å²) in [5.41, 5.74) is 0.793. The number of hydrogen-bond acceptors (Lipinski definition) is 6. The molecule has 1 unspecified atom stereocenters. The van der Waals surface area contributed by atoms with E-state index >= 15 is 0 Å². The van der Waals surface area contributed by atoms with Crippen molar-refractivity contribution in [3.05, 3.63) is 29.8 Å². The van der Waals surface area contributed by atoms with Crippen LogP contribution >= 0.6 is 0 Å². The highest BCUT2D eigenvalue weighted by Gasteiger charge is 2.26. The third-order valence-corrected chi connectivity index (χ3v) is 4.63. The van der Waals surface area contributed by atoms with Gasteiger partial charge >= 0.3 is 5.97 Å². The summed E-state index contributed by atoms with van der Waals surface area (Å²) in [6.45, 7) is 4.17. The molecule has 0 radical (unpaired) electrons. The SMILES string of the molecule is CCOCC(C(=O)C=Cc1ccc(OC)c(OC2CCCC2)c1)C(=O)OCC. The van der Waals surface area contributed by atoms with Gasteiger partial charge in [-0.1, -0.05) is 12.1 Å². The summed E-state index contributed by atoms with van der Waals surface area (Å²) in [6.07, 6.45) is 7.70. The van der Waals surface area contributed by atoms with Gasteiger partial charge in [-0.05, 0) is 63.3 Å². The summed E-state index contributed by atoms with van der Waals surface area (Å²) in [5.74, 6) is -0.536. The van der Waals surface area contributed by atoms with Crippen LogP contribution in [0.3, 0.4) is 0 Å². The van der Waals surface area contributed by atoms with E-state index in [9.17, 15) is 9.59 Å². The smallest absolute Gasteiger partial charge is 0.319 e. The summed E-state index contributed by atoms with van der Waals surface area (Å²) in [5, 5.41) is 0. The van der Waals surface area contributed by atoms with Gasteiger partial charge in [0.15, 0.2) is 17.3 Å². The van der Waals surface area contributed by atoms with Gasteiger partial charge in [0.2, 0.25) is 0 Å². The van der Waals surface area contributed by atoms with Crippen molar-refractivity contribution in [2.75, 3.05) is 26.9 Å². The number of rotatable bonds is 11. The second-order valence-electron chi connectivity index (χ2n) is 6.63. The number of hydrogen-bond donors (Lipinski definition) is 0. The molecular formula is C22H30O6. The molecule has 6 heteroatoms. The van der Waals surface area contributed by atoms with Crippen LogP contribution in [0.1, 0.15) is 45.1 Å². The topological polar surface area (TPSA) is 71.1 Å². The Morgan fingerprint density at radius 2 is 1.89 bits per heavy atom. The van der Waals surface area contributed by atoms with Crippen LogP contribution in [0.4, 0.5) is 0 Å². The van der Waals surface area contributed by atoms with Crippen molar-refractivity contribution in [2.45, 2.75) is 45.6 Å². The number of ether oxygens (including phenoxy) is 4. The predicted octanol–water partition coefficient (Wildman–Crippen LogP) is 3.81. The Kier molecular flexibility index (Phi) is 9.01. The van der Waals surface area contributed by atoms with Crippen molar-refractivity contribution < 1.29 is 28.5 Å². The van der Waals surface area contributed by atoms with Crippen LogP contribution in [0.2, 0.25) is 0 Å². The average Bonchev–Trinajstić information content (AvgIpc) is 3.20. The quantitative estimate of drug-likeness (QED) is 0.325. The van der Waals surface area contributed by atoms with E-state index in [4.69, 9.17) is 18.9 Å². The molecule has 28 heavy (non-hydrogen) atoms. The molecule has 0 bridgehead atoms. The van der Waals surface area contributed by atoms with Crippen molar-refractivity contribution in [1.82, 2.24) is 0 Å². The molecule has 154 valence electrons. The molecule has 0 heterocycles. The van der Waals surface area contributed by atoms with Crippen LogP contribution in [0.5, 0.6) is 11.5 Å². The van der Waals surface area contributed by atoms with Crippen molar-refractivity contribution in [3.8, 4) is 11.5 Å². The normalized spacial score (nSPS) is 15.5. The largest absolute Gasteiger partial charge is 0.493 e. The number of ketones is 1. The van der Waals surface area contributed by atoms with Gasteiger partial charge in [-0.3, -0.25) is 9.59 Å². The fraction of sp³-hybridized carbons (Fsp3) is 0.545.